The second kappa shape index (κ2) is 4.81. The topological polar surface area (TPSA) is 66.9 Å². The summed E-state index contributed by atoms with van der Waals surface area (Å²) in [7, 11) is 0. The predicted octanol–water partition coefficient (Wildman–Crippen LogP) is 2.32. The van der Waals surface area contributed by atoms with E-state index in [2.05, 4.69) is 0 Å². The molecule has 4 heteroatoms. The molecular formula is C11H11ClN2O. The van der Waals surface area contributed by atoms with E-state index >= 15 is 0 Å². The van der Waals surface area contributed by atoms with Gasteiger partial charge < -0.3 is 10.5 Å². The summed E-state index contributed by atoms with van der Waals surface area (Å²) in [5.74, 6) is 0.0897. The average molecular weight is 223 g/mol. The second-order valence-electron chi connectivity index (χ2n) is 3.34. The van der Waals surface area contributed by atoms with Crippen LogP contribution >= 0.6 is 11.6 Å². The lowest BCUT2D eigenvalue weighted by molar-refractivity contribution is -0.116. The van der Waals surface area contributed by atoms with Gasteiger partial charge in [-0.15, -0.1) is 0 Å². The van der Waals surface area contributed by atoms with Crippen LogP contribution in [0.5, 0.6) is 0 Å². The van der Waals surface area contributed by atoms with Crippen molar-refractivity contribution in [2.75, 3.05) is 5.73 Å². The molecule has 0 atom stereocenters. The fraction of sp³-hybridized carbons (Fsp3) is 0.273. The Morgan fingerprint density at radius 1 is 1.60 bits per heavy atom. The minimum atomic E-state index is 0.0897. The van der Waals surface area contributed by atoms with Crippen LogP contribution in [-0.4, -0.2) is 5.78 Å². The minimum Gasteiger partial charge on any atom is -0.397 e. The van der Waals surface area contributed by atoms with E-state index in [-0.39, 0.29) is 5.78 Å². The van der Waals surface area contributed by atoms with Crippen LogP contribution in [0.15, 0.2) is 12.1 Å². The van der Waals surface area contributed by atoms with E-state index in [9.17, 15) is 4.79 Å². The maximum atomic E-state index is 10.8. The molecule has 0 aliphatic carbocycles. The van der Waals surface area contributed by atoms with Gasteiger partial charge in [0, 0.05) is 6.42 Å². The standard InChI is InChI=1S/C11H11ClN2O/c1-7(15)2-3-8-4-10(12)11(14)5-9(8)6-13/h4-5H,2-3,14H2,1H3. The SMILES string of the molecule is CC(=O)CCc1cc(Cl)c(N)cc1C#N. The fourth-order valence-electron chi connectivity index (χ4n) is 1.25. The van der Waals surface area contributed by atoms with Crippen molar-refractivity contribution < 1.29 is 4.79 Å². The van der Waals surface area contributed by atoms with E-state index in [0.717, 1.165) is 5.56 Å². The number of benzene rings is 1. The lowest BCUT2D eigenvalue weighted by Crippen LogP contribution is -1.98. The highest BCUT2D eigenvalue weighted by atomic mass is 35.5. The number of ketones is 1. The van der Waals surface area contributed by atoms with Crippen molar-refractivity contribution in [3.8, 4) is 6.07 Å². The van der Waals surface area contributed by atoms with Crippen LogP contribution in [0, 0.1) is 11.3 Å². The number of nitrogens with zero attached hydrogens (tertiary/aromatic N) is 1. The van der Waals surface area contributed by atoms with Gasteiger partial charge in [0.1, 0.15) is 5.78 Å². The first-order chi connectivity index (χ1) is 7.04. The number of anilines is 1. The van der Waals surface area contributed by atoms with E-state index in [1.807, 2.05) is 6.07 Å². The molecule has 1 rings (SSSR count). The number of halogens is 1. The largest absolute Gasteiger partial charge is 0.397 e. The molecule has 0 aliphatic rings. The zero-order chi connectivity index (χ0) is 11.4. The summed E-state index contributed by atoms with van der Waals surface area (Å²) >= 11 is 5.84. The number of aryl methyl sites for hydroxylation is 1. The molecule has 0 saturated carbocycles. The molecule has 0 radical (unpaired) electrons. The lowest BCUT2D eigenvalue weighted by Gasteiger charge is -2.05. The van der Waals surface area contributed by atoms with Crippen LogP contribution in [0.25, 0.3) is 0 Å². The predicted molar refractivity (Wildman–Crippen MR) is 59.6 cm³/mol. The molecule has 2 N–H and O–H groups in total. The zero-order valence-electron chi connectivity index (χ0n) is 8.38. The number of Topliss-reactive ketones (excluding diaryl/α,β-unsaturated/α-hetero) is 1. The Labute approximate surface area is 93.5 Å². The molecule has 0 saturated heterocycles. The molecule has 0 aliphatic heterocycles. The van der Waals surface area contributed by atoms with Crippen LogP contribution in [-0.2, 0) is 11.2 Å². The minimum absolute atomic E-state index is 0.0897. The Hall–Kier alpha value is -1.53. The highest BCUT2D eigenvalue weighted by molar-refractivity contribution is 6.33. The third-order valence-corrected chi connectivity index (χ3v) is 2.42. The first-order valence-corrected chi connectivity index (χ1v) is 4.90. The van der Waals surface area contributed by atoms with Crippen molar-refractivity contribution in [2.45, 2.75) is 19.8 Å². The van der Waals surface area contributed by atoms with Gasteiger partial charge in [0.25, 0.3) is 0 Å². The Morgan fingerprint density at radius 3 is 2.80 bits per heavy atom. The summed E-state index contributed by atoms with van der Waals surface area (Å²) in [6.07, 6.45) is 0.938. The van der Waals surface area contributed by atoms with E-state index in [1.54, 1.807) is 6.07 Å². The first kappa shape index (κ1) is 11.5. The molecular weight excluding hydrogens is 212 g/mol. The Balaban J connectivity index is 3.01. The smallest absolute Gasteiger partial charge is 0.130 e. The summed E-state index contributed by atoms with van der Waals surface area (Å²) in [5, 5.41) is 9.29. The van der Waals surface area contributed by atoms with Crippen molar-refractivity contribution in [1.82, 2.24) is 0 Å². The molecule has 0 bridgehead atoms. The second-order valence-corrected chi connectivity index (χ2v) is 3.75. The summed E-state index contributed by atoms with van der Waals surface area (Å²) in [6.45, 7) is 1.52. The van der Waals surface area contributed by atoms with Crippen molar-refractivity contribution >= 4 is 23.1 Å². The number of carbonyl (C=O) groups is 1. The average Bonchev–Trinajstić information content (AvgIpc) is 2.19. The van der Waals surface area contributed by atoms with Crippen LogP contribution in [0.4, 0.5) is 5.69 Å². The number of carbonyl (C=O) groups excluding carboxylic acids is 1. The van der Waals surface area contributed by atoms with Crippen LogP contribution in [0.1, 0.15) is 24.5 Å². The Kier molecular flexibility index (Phi) is 3.70. The van der Waals surface area contributed by atoms with Gasteiger partial charge in [0.05, 0.1) is 22.3 Å². The van der Waals surface area contributed by atoms with Gasteiger partial charge in [-0.3, -0.25) is 0 Å². The number of hydrogen-bond donors (Lipinski definition) is 1. The van der Waals surface area contributed by atoms with Crippen molar-refractivity contribution in [3.63, 3.8) is 0 Å². The van der Waals surface area contributed by atoms with Crippen molar-refractivity contribution in [2.24, 2.45) is 0 Å². The third-order valence-electron chi connectivity index (χ3n) is 2.09. The van der Waals surface area contributed by atoms with E-state index in [0.29, 0.717) is 29.1 Å². The number of nitrogens with two attached hydrogens (primary N) is 1. The first-order valence-electron chi connectivity index (χ1n) is 4.52. The molecule has 0 unspecified atom stereocenters. The molecule has 1 aromatic rings. The Morgan fingerprint density at radius 2 is 2.27 bits per heavy atom. The molecule has 15 heavy (non-hydrogen) atoms. The highest BCUT2D eigenvalue weighted by Gasteiger charge is 2.07. The molecule has 1 aromatic carbocycles. The van der Waals surface area contributed by atoms with Gasteiger partial charge in [0.15, 0.2) is 0 Å². The molecule has 0 amide bonds. The van der Waals surface area contributed by atoms with Gasteiger partial charge >= 0.3 is 0 Å². The normalized spacial score (nSPS) is 9.67. The van der Waals surface area contributed by atoms with Crippen LogP contribution in [0.2, 0.25) is 5.02 Å². The number of hydrogen-bond acceptors (Lipinski definition) is 3. The summed E-state index contributed by atoms with van der Waals surface area (Å²) in [5.41, 5.74) is 7.21. The zero-order valence-corrected chi connectivity index (χ0v) is 9.14. The van der Waals surface area contributed by atoms with Crippen LogP contribution in [0.3, 0.4) is 0 Å². The Bertz CT molecular complexity index is 435. The number of nitriles is 1. The molecule has 0 spiro atoms. The molecule has 78 valence electrons. The van der Waals surface area contributed by atoms with E-state index in [1.165, 1.54) is 13.0 Å². The van der Waals surface area contributed by atoms with Gasteiger partial charge in [-0.25, -0.2) is 0 Å². The fourth-order valence-corrected chi connectivity index (χ4v) is 1.44. The van der Waals surface area contributed by atoms with Gasteiger partial charge in [-0.05, 0) is 31.0 Å². The monoisotopic (exact) mass is 222 g/mol. The van der Waals surface area contributed by atoms with Gasteiger partial charge in [0.2, 0.25) is 0 Å². The molecule has 0 heterocycles. The molecule has 0 aromatic heterocycles. The number of nitrogen functional groups attached to an aromatic ring is 1. The maximum Gasteiger partial charge on any atom is 0.130 e. The summed E-state index contributed by atoms with van der Waals surface area (Å²) in [4.78, 5) is 10.8. The van der Waals surface area contributed by atoms with Gasteiger partial charge in [-0.1, -0.05) is 11.6 Å². The third kappa shape index (κ3) is 2.97. The van der Waals surface area contributed by atoms with Crippen LogP contribution < -0.4 is 5.73 Å². The number of rotatable bonds is 3. The highest BCUT2D eigenvalue weighted by Crippen LogP contribution is 2.24. The van der Waals surface area contributed by atoms with Crippen molar-refractivity contribution in [3.05, 3.63) is 28.3 Å². The van der Waals surface area contributed by atoms with E-state index in [4.69, 9.17) is 22.6 Å². The van der Waals surface area contributed by atoms with Gasteiger partial charge in [-0.2, -0.15) is 5.26 Å². The molecule has 0 fully saturated rings. The lowest BCUT2D eigenvalue weighted by atomic mass is 10.0. The summed E-state index contributed by atoms with van der Waals surface area (Å²) in [6, 6.07) is 5.23. The molecule has 3 nitrogen and oxygen atoms in total. The van der Waals surface area contributed by atoms with Crippen molar-refractivity contribution in [1.29, 1.82) is 5.26 Å². The van der Waals surface area contributed by atoms with E-state index < -0.39 is 0 Å². The maximum absolute atomic E-state index is 10.8. The summed E-state index contributed by atoms with van der Waals surface area (Å²) < 4.78 is 0. The quantitative estimate of drug-likeness (QED) is 0.798.